The van der Waals surface area contributed by atoms with E-state index in [2.05, 4.69) is 10.4 Å². The van der Waals surface area contributed by atoms with Crippen molar-refractivity contribution in [2.75, 3.05) is 5.32 Å². The largest absolute Gasteiger partial charge is 0.306 e. The van der Waals surface area contributed by atoms with E-state index in [0.717, 1.165) is 11.1 Å². The topological polar surface area (TPSA) is 64.0 Å². The van der Waals surface area contributed by atoms with E-state index in [-0.39, 0.29) is 28.1 Å². The summed E-state index contributed by atoms with van der Waals surface area (Å²) < 4.78 is 15.8. The number of nitrogens with one attached hydrogen (secondary N) is 1. The molecule has 0 radical (unpaired) electrons. The van der Waals surface area contributed by atoms with Crippen LogP contribution in [0.5, 0.6) is 0 Å². The lowest BCUT2D eigenvalue weighted by Crippen LogP contribution is -2.25. The van der Waals surface area contributed by atoms with Crippen LogP contribution in [0.2, 0.25) is 5.02 Å². The Labute approximate surface area is 195 Å². The minimum absolute atomic E-state index is 0.107. The standard InChI is InChI=1S/C26H21ClFN3O2/c1-15-12-13-18(14-16(15)2)31-25(29-26(33)20-9-5-7-11-22(20)28)23(24(32)17(3)30-31)19-8-4-6-10-21(19)27/h4-14H,1-3H3,(H,29,33). The fourth-order valence-corrected chi connectivity index (χ4v) is 3.76. The summed E-state index contributed by atoms with van der Waals surface area (Å²) in [4.78, 5) is 26.3. The molecule has 0 fully saturated rings. The highest BCUT2D eigenvalue weighted by atomic mass is 35.5. The van der Waals surface area contributed by atoms with E-state index in [1.165, 1.54) is 22.9 Å². The van der Waals surface area contributed by atoms with Crippen LogP contribution >= 0.6 is 11.6 Å². The van der Waals surface area contributed by atoms with Crippen LogP contribution in [0.1, 0.15) is 27.2 Å². The lowest BCUT2D eigenvalue weighted by molar-refractivity contribution is 0.102. The molecule has 1 N–H and O–H groups in total. The van der Waals surface area contributed by atoms with Gasteiger partial charge in [-0.2, -0.15) is 5.10 Å². The van der Waals surface area contributed by atoms with Gasteiger partial charge in [-0.25, -0.2) is 9.07 Å². The number of amides is 1. The van der Waals surface area contributed by atoms with Crippen molar-refractivity contribution in [1.82, 2.24) is 9.78 Å². The minimum atomic E-state index is -0.705. The van der Waals surface area contributed by atoms with E-state index in [4.69, 9.17) is 11.6 Å². The second-order valence-electron chi connectivity index (χ2n) is 7.73. The summed E-state index contributed by atoms with van der Waals surface area (Å²) in [5.74, 6) is -1.27. The maximum absolute atomic E-state index is 14.3. The second-order valence-corrected chi connectivity index (χ2v) is 8.14. The molecule has 7 heteroatoms. The third-order valence-electron chi connectivity index (χ3n) is 5.48. The van der Waals surface area contributed by atoms with Gasteiger partial charge in [-0.05, 0) is 62.2 Å². The van der Waals surface area contributed by atoms with Crippen molar-refractivity contribution in [3.63, 3.8) is 0 Å². The molecule has 0 spiro atoms. The Bertz CT molecular complexity index is 1450. The minimum Gasteiger partial charge on any atom is -0.306 e. The number of aryl methyl sites for hydroxylation is 3. The van der Waals surface area contributed by atoms with Gasteiger partial charge in [-0.1, -0.05) is 48.0 Å². The van der Waals surface area contributed by atoms with E-state index < -0.39 is 11.7 Å². The first kappa shape index (κ1) is 22.4. The van der Waals surface area contributed by atoms with Crippen LogP contribution in [0, 0.1) is 26.6 Å². The van der Waals surface area contributed by atoms with Gasteiger partial charge in [0.2, 0.25) is 5.43 Å². The fraction of sp³-hybridized carbons (Fsp3) is 0.115. The Kier molecular flexibility index (Phi) is 6.11. The maximum atomic E-state index is 14.3. The molecule has 0 bridgehead atoms. The molecule has 0 saturated heterocycles. The number of hydrogen-bond donors (Lipinski definition) is 1. The molecule has 4 rings (SSSR count). The SMILES string of the molecule is Cc1ccc(-n2nc(C)c(=O)c(-c3ccccc3Cl)c2NC(=O)c2ccccc2F)cc1C. The molecule has 0 saturated carbocycles. The molecule has 0 aliphatic carbocycles. The first-order valence-electron chi connectivity index (χ1n) is 10.3. The van der Waals surface area contributed by atoms with E-state index in [1.807, 2.05) is 32.0 Å². The van der Waals surface area contributed by atoms with Gasteiger partial charge in [0.15, 0.2) is 0 Å². The number of carbonyl (C=O) groups excluding carboxylic acids is 1. The Morgan fingerprint density at radius 3 is 2.36 bits per heavy atom. The molecule has 1 aromatic heterocycles. The number of halogens is 2. The van der Waals surface area contributed by atoms with Crippen LogP contribution in [-0.4, -0.2) is 15.7 Å². The van der Waals surface area contributed by atoms with Crippen molar-refractivity contribution >= 4 is 23.3 Å². The average Bonchev–Trinajstić information content (AvgIpc) is 2.79. The summed E-state index contributed by atoms with van der Waals surface area (Å²) in [6.45, 7) is 5.54. The van der Waals surface area contributed by atoms with Crippen LogP contribution < -0.4 is 10.7 Å². The van der Waals surface area contributed by atoms with Gasteiger partial charge in [0.25, 0.3) is 5.91 Å². The second kappa shape index (κ2) is 9.00. The molecule has 0 unspecified atom stereocenters. The van der Waals surface area contributed by atoms with Gasteiger partial charge in [0.1, 0.15) is 17.3 Å². The zero-order chi connectivity index (χ0) is 23.7. The van der Waals surface area contributed by atoms with Gasteiger partial charge in [0.05, 0.1) is 16.8 Å². The molecule has 0 aliphatic heterocycles. The smallest absolute Gasteiger partial charge is 0.259 e. The van der Waals surface area contributed by atoms with Crippen molar-refractivity contribution in [2.45, 2.75) is 20.8 Å². The van der Waals surface area contributed by atoms with Gasteiger partial charge in [0, 0.05) is 10.6 Å². The van der Waals surface area contributed by atoms with Gasteiger partial charge in [-0.3, -0.25) is 9.59 Å². The Hall–Kier alpha value is -3.77. The molecule has 166 valence electrons. The highest BCUT2D eigenvalue weighted by molar-refractivity contribution is 6.33. The van der Waals surface area contributed by atoms with Gasteiger partial charge < -0.3 is 5.32 Å². The highest BCUT2D eigenvalue weighted by Gasteiger charge is 2.23. The molecule has 33 heavy (non-hydrogen) atoms. The fourth-order valence-electron chi connectivity index (χ4n) is 3.53. The number of aromatic nitrogens is 2. The molecule has 1 amide bonds. The predicted octanol–water partition coefficient (Wildman–Crippen LogP) is 5.87. The highest BCUT2D eigenvalue weighted by Crippen LogP contribution is 2.32. The van der Waals surface area contributed by atoms with Crippen LogP contribution in [0.4, 0.5) is 10.2 Å². The molecule has 0 atom stereocenters. The molecule has 4 aromatic rings. The Balaban J connectivity index is 2.02. The molecule has 0 aliphatic rings. The third-order valence-corrected chi connectivity index (χ3v) is 5.81. The molecule has 3 aromatic carbocycles. The Morgan fingerprint density at radius 2 is 1.67 bits per heavy atom. The monoisotopic (exact) mass is 461 g/mol. The maximum Gasteiger partial charge on any atom is 0.259 e. The van der Waals surface area contributed by atoms with Gasteiger partial charge in [-0.15, -0.1) is 0 Å². The van der Waals surface area contributed by atoms with E-state index in [1.54, 1.807) is 37.3 Å². The number of anilines is 1. The lowest BCUT2D eigenvalue weighted by atomic mass is 10.0. The number of benzene rings is 3. The van der Waals surface area contributed by atoms with Crippen LogP contribution in [0.3, 0.4) is 0 Å². The number of hydrogen-bond acceptors (Lipinski definition) is 3. The molecular formula is C26H21ClFN3O2. The molecule has 5 nitrogen and oxygen atoms in total. The van der Waals surface area contributed by atoms with Crippen molar-refractivity contribution in [2.24, 2.45) is 0 Å². The summed E-state index contributed by atoms with van der Waals surface area (Å²) in [7, 11) is 0. The van der Waals surface area contributed by atoms with E-state index in [9.17, 15) is 14.0 Å². The normalized spacial score (nSPS) is 10.8. The number of carbonyl (C=O) groups is 1. The summed E-state index contributed by atoms with van der Waals surface area (Å²) in [6.07, 6.45) is 0. The summed E-state index contributed by atoms with van der Waals surface area (Å²) in [5.41, 5.74) is 3.04. The zero-order valence-corrected chi connectivity index (χ0v) is 19.1. The predicted molar refractivity (Wildman–Crippen MR) is 129 cm³/mol. The van der Waals surface area contributed by atoms with Crippen molar-refractivity contribution in [3.8, 4) is 16.8 Å². The third kappa shape index (κ3) is 4.30. The average molecular weight is 462 g/mol. The lowest BCUT2D eigenvalue weighted by Gasteiger charge is -2.19. The van der Waals surface area contributed by atoms with Crippen LogP contribution in [-0.2, 0) is 0 Å². The first-order valence-corrected chi connectivity index (χ1v) is 10.7. The number of rotatable bonds is 4. The number of nitrogens with zero attached hydrogens (tertiary/aromatic N) is 2. The van der Waals surface area contributed by atoms with Crippen molar-refractivity contribution < 1.29 is 9.18 Å². The van der Waals surface area contributed by atoms with Crippen LogP contribution in [0.25, 0.3) is 16.8 Å². The van der Waals surface area contributed by atoms with E-state index >= 15 is 0 Å². The molecular weight excluding hydrogens is 441 g/mol. The van der Waals surface area contributed by atoms with E-state index in [0.29, 0.717) is 16.3 Å². The van der Waals surface area contributed by atoms with Crippen LogP contribution in [0.15, 0.2) is 71.5 Å². The molecule has 1 heterocycles. The van der Waals surface area contributed by atoms with Crippen molar-refractivity contribution in [1.29, 1.82) is 0 Å². The Morgan fingerprint density at radius 1 is 0.970 bits per heavy atom. The van der Waals surface area contributed by atoms with Gasteiger partial charge >= 0.3 is 0 Å². The first-order chi connectivity index (χ1) is 15.8. The summed E-state index contributed by atoms with van der Waals surface area (Å²) >= 11 is 6.44. The quantitative estimate of drug-likeness (QED) is 0.413. The summed E-state index contributed by atoms with van der Waals surface area (Å²) in [5, 5.41) is 7.52. The zero-order valence-electron chi connectivity index (χ0n) is 18.3. The summed E-state index contributed by atoms with van der Waals surface area (Å²) in [6, 6.07) is 18.2. The van der Waals surface area contributed by atoms with Crippen molar-refractivity contribution in [3.05, 3.63) is 110 Å².